The van der Waals surface area contributed by atoms with Crippen LogP contribution in [0, 0.1) is 11.3 Å². The lowest BCUT2D eigenvalue weighted by molar-refractivity contribution is -0.192. The van der Waals surface area contributed by atoms with Gasteiger partial charge in [0.2, 0.25) is 0 Å². The highest BCUT2D eigenvalue weighted by Gasteiger charge is 2.38. The Labute approximate surface area is 181 Å². The lowest BCUT2D eigenvalue weighted by atomic mass is 10.0. The van der Waals surface area contributed by atoms with Crippen molar-refractivity contribution in [3.63, 3.8) is 0 Å². The van der Waals surface area contributed by atoms with Crippen LogP contribution >= 0.6 is 0 Å². The van der Waals surface area contributed by atoms with Gasteiger partial charge in [-0.1, -0.05) is 12.1 Å². The van der Waals surface area contributed by atoms with Crippen LogP contribution in [0.15, 0.2) is 53.6 Å². The molecule has 0 bridgehead atoms. The number of carboxylic acid groups (broad SMARTS) is 1. The predicted octanol–water partition coefficient (Wildman–Crippen LogP) is 3.84. The largest absolute Gasteiger partial charge is 0.490 e. The summed E-state index contributed by atoms with van der Waals surface area (Å²) in [5.41, 5.74) is 6.22. The summed E-state index contributed by atoms with van der Waals surface area (Å²) in [5.74, 6) is -2.76. The van der Waals surface area contributed by atoms with E-state index >= 15 is 0 Å². The first-order valence-corrected chi connectivity index (χ1v) is 9.64. The minimum absolute atomic E-state index is 0.712. The number of carbonyl (C=O) groups is 1. The fourth-order valence-corrected chi connectivity index (χ4v) is 3.38. The van der Waals surface area contributed by atoms with Gasteiger partial charge in [0.25, 0.3) is 0 Å². The Morgan fingerprint density at radius 1 is 1.22 bits per heavy atom. The van der Waals surface area contributed by atoms with E-state index < -0.39 is 12.1 Å². The molecule has 0 saturated carbocycles. The van der Waals surface area contributed by atoms with Crippen LogP contribution in [0.1, 0.15) is 22.4 Å². The number of aliphatic carboxylic acids is 1. The van der Waals surface area contributed by atoms with Crippen molar-refractivity contribution in [2.45, 2.75) is 25.6 Å². The molecule has 0 unspecified atom stereocenters. The molecular formula is C22H19F3N4O3. The average molecular weight is 444 g/mol. The van der Waals surface area contributed by atoms with E-state index in [1.54, 1.807) is 18.9 Å². The Morgan fingerprint density at radius 2 is 1.97 bits per heavy atom. The van der Waals surface area contributed by atoms with Gasteiger partial charge in [-0.15, -0.1) is 0 Å². The molecule has 1 aromatic carbocycles. The second-order valence-electron chi connectivity index (χ2n) is 7.05. The lowest BCUT2D eigenvalue weighted by Crippen LogP contribution is -2.26. The van der Waals surface area contributed by atoms with E-state index in [9.17, 15) is 13.2 Å². The number of rotatable bonds is 3. The van der Waals surface area contributed by atoms with Crippen molar-refractivity contribution in [2.75, 3.05) is 13.1 Å². The van der Waals surface area contributed by atoms with Gasteiger partial charge in [0, 0.05) is 42.9 Å². The quantitative estimate of drug-likeness (QED) is 0.655. The Balaban J connectivity index is 0.000000360. The number of carboxylic acids is 1. The zero-order chi connectivity index (χ0) is 23.1. The Hall–Kier alpha value is -3.71. The van der Waals surface area contributed by atoms with Crippen LogP contribution in [0.4, 0.5) is 13.2 Å². The fraction of sp³-hybridized carbons (Fsp3) is 0.273. The third-order valence-electron chi connectivity index (χ3n) is 4.88. The molecule has 7 nitrogen and oxygen atoms in total. The molecule has 2 aromatic heterocycles. The summed E-state index contributed by atoms with van der Waals surface area (Å²) in [5, 5.41) is 16.2. The highest BCUT2D eigenvalue weighted by Crippen LogP contribution is 2.26. The maximum Gasteiger partial charge on any atom is 0.490 e. The molecule has 1 aliphatic heterocycles. The van der Waals surface area contributed by atoms with Crippen LogP contribution in [0.25, 0.3) is 11.3 Å². The first kappa shape index (κ1) is 23.0. The van der Waals surface area contributed by atoms with E-state index in [-0.39, 0.29) is 0 Å². The van der Waals surface area contributed by atoms with E-state index in [1.165, 1.54) is 11.1 Å². The van der Waals surface area contributed by atoms with Gasteiger partial charge in [0.15, 0.2) is 0 Å². The molecule has 0 fully saturated rings. The van der Waals surface area contributed by atoms with Gasteiger partial charge in [-0.2, -0.15) is 18.4 Å². The minimum atomic E-state index is -5.08. The highest BCUT2D eigenvalue weighted by atomic mass is 19.4. The molecule has 0 saturated heterocycles. The van der Waals surface area contributed by atoms with Gasteiger partial charge in [0.05, 0.1) is 29.9 Å². The van der Waals surface area contributed by atoms with Crippen LogP contribution in [-0.2, 0) is 24.2 Å². The first-order chi connectivity index (χ1) is 15.3. The first-order valence-electron chi connectivity index (χ1n) is 9.64. The van der Waals surface area contributed by atoms with Crippen molar-refractivity contribution in [1.82, 2.24) is 14.9 Å². The summed E-state index contributed by atoms with van der Waals surface area (Å²) in [7, 11) is 0. The van der Waals surface area contributed by atoms with Gasteiger partial charge in [-0.3, -0.25) is 4.90 Å². The molecule has 166 valence electrons. The Bertz CT molecular complexity index is 1110. The van der Waals surface area contributed by atoms with E-state index in [2.05, 4.69) is 27.0 Å². The Morgan fingerprint density at radius 3 is 2.62 bits per heavy atom. The maximum absolute atomic E-state index is 10.6. The van der Waals surface area contributed by atoms with E-state index in [0.29, 0.717) is 5.56 Å². The van der Waals surface area contributed by atoms with Crippen molar-refractivity contribution in [2.24, 2.45) is 0 Å². The molecule has 0 spiro atoms. The van der Waals surface area contributed by atoms with Crippen LogP contribution in [0.2, 0.25) is 0 Å². The number of hydrogen-bond acceptors (Lipinski definition) is 6. The lowest BCUT2D eigenvalue weighted by Gasteiger charge is -2.19. The van der Waals surface area contributed by atoms with Crippen molar-refractivity contribution in [1.29, 1.82) is 5.26 Å². The normalized spacial score (nSPS) is 13.8. The number of furan rings is 1. The summed E-state index contributed by atoms with van der Waals surface area (Å²) < 4.78 is 37.0. The van der Waals surface area contributed by atoms with Gasteiger partial charge >= 0.3 is 12.1 Å². The Kier molecular flexibility index (Phi) is 7.22. The summed E-state index contributed by atoms with van der Waals surface area (Å²) in [6.45, 7) is 2.74. The number of halogens is 3. The molecule has 3 aromatic rings. The highest BCUT2D eigenvalue weighted by molar-refractivity contribution is 5.73. The van der Waals surface area contributed by atoms with Crippen molar-refractivity contribution < 1.29 is 27.5 Å². The third kappa shape index (κ3) is 5.92. The summed E-state index contributed by atoms with van der Waals surface area (Å²) in [6.07, 6.45) is 1.79. The van der Waals surface area contributed by atoms with Crippen LogP contribution in [-0.4, -0.2) is 45.2 Å². The van der Waals surface area contributed by atoms with Gasteiger partial charge in [0.1, 0.15) is 6.33 Å². The van der Waals surface area contributed by atoms with Crippen LogP contribution in [0.5, 0.6) is 0 Å². The third-order valence-corrected chi connectivity index (χ3v) is 4.88. The second-order valence-corrected chi connectivity index (χ2v) is 7.05. The molecule has 1 N–H and O–H groups in total. The fourth-order valence-electron chi connectivity index (χ4n) is 3.38. The van der Waals surface area contributed by atoms with Crippen molar-refractivity contribution >= 4 is 5.97 Å². The molecule has 10 heteroatoms. The molecule has 4 rings (SSSR count). The van der Waals surface area contributed by atoms with E-state index in [4.69, 9.17) is 19.6 Å². The van der Waals surface area contributed by atoms with E-state index in [0.717, 1.165) is 49.4 Å². The van der Waals surface area contributed by atoms with Gasteiger partial charge in [-0.05, 0) is 30.2 Å². The molecule has 0 amide bonds. The number of aromatic nitrogens is 2. The predicted molar refractivity (Wildman–Crippen MR) is 107 cm³/mol. The monoisotopic (exact) mass is 444 g/mol. The SMILES string of the molecule is N#Cc1cccc(CN2CCc3ncnc(-c4ccoc4)c3CC2)c1.O=C(O)C(F)(F)F. The van der Waals surface area contributed by atoms with Gasteiger partial charge in [-0.25, -0.2) is 14.8 Å². The number of benzene rings is 1. The molecule has 1 aliphatic rings. The zero-order valence-electron chi connectivity index (χ0n) is 16.8. The molecule has 32 heavy (non-hydrogen) atoms. The molecule has 0 aliphatic carbocycles. The van der Waals surface area contributed by atoms with Crippen LogP contribution in [0.3, 0.4) is 0 Å². The number of nitrogens with zero attached hydrogens (tertiary/aromatic N) is 4. The zero-order valence-corrected chi connectivity index (χ0v) is 16.8. The number of nitriles is 1. The van der Waals surface area contributed by atoms with Crippen molar-refractivity contribution in [3.8, 4) is 17.3 Å². The van der Waals surface area contributed by atoms with Crippen LogP contribution < -0.4 is 0 Å². The van der Waals surface area contributed by atoms with Gasteiger partial charge < -0.3 is 9.52 Å². The number of fused-ring (bicyclic) bond motifs is 1. The maximum atomic E-state index is 10.6. The number of alkyl halides is 3. The summed E-state index contributed by atoms with van der Waals surface area (Å²) in [6, 6.07) is 12.0. The van der Waals surface area contributed by atoms with Crippen molar-refractivity contribution in [3.05, 3.63) is 71.6 Å². The number of hydrogen-bond donors (Lipinski definition) is 1. The molecule has 0 radical (unpaired) electrons. The summed E-state index contributed by atoms with van der Waals surface area (Å²) >= 11 is 0. The standard InChI is InChI=1S/C20H18N4O.C2HF3O2/c21-11-15-2-1-3-16(10-15)12-24-7-4-18-19(5-8-24)22-14-23-20(18)17-6-9-25-13-17;3-2(4,5)1(6)7/h1-3,6,9-10,13-14H,4-5,7-8,12H2;(H,6,7). The summed E-state index contributed by atoms with van der Waals surface area (Å²) in [4.78, 5) is 20.3. The molecule has 3 heterocycles. The minimum Gasteiger partial charge on any atom is -0.475 e. The van der Waals surface area contributed by atoms with E-state index in [1.807, 2.05) is 24.3 Å². The second kappa shape index (κ2) is 10.1. The molecule has 0 atom stereocenters. The topological polar surface area (TPSA) is 103 Å². The smallest absolute Gasteiger partial charge is 0.475 e. The average Bonchev–Trinajstić information content (AvgIpc) is 3.22. The molecular weight excluding hydrogens is 425 g/mol.